The fourth-order valence-corrected chi connectivity index (χ4v) is 3.45. The van der Waals surface area contributed by atoms with E-state index in [-0.39, 0.29) is 16.5 Å². The van der Waals surface area contributed by atoms with Gasteiger partial charge in [0.05, 0.1) is 15.5 Å². The van der Waals surface area contributed by atoms with E-state index >= 15 is 0 Å². The molecule has 1 aromatic carbocycles. The molecule has 1 amide bonds. The maximum absolute atomic E-state index is 12.4. The minimum absolute atomic E-state index is 0.0457. The van der Waals surface area contributed by atoms with Crippen LogP contribution in [0.15, 0.2) is 41.4 Å². The van der Waals surface area contributed by atoms with Crippen LogP contribution in [0.1, 0.15) is 0 Å². The van der Waals surface area contributed by atoms with Crippen molar-refractivity contribution in [2.45, 2.75) is 4.90 Å². The van der Waals surface area contributed by atoms with Gasteiger partial charge in [0, 0.05) is 26.4 Å². The van der Waals surface area contributed by atoms with Gasteiger partial charge in [-0.15, -0.1) is 0 Å². The molecule has 0 bridgehead atoms. The van der Waals surface area contributed by atoms with Gasteiger partial charge < -0.3 is 15.0 Å². The smallest absolute Gasteiger partial charge is 0.321 e. The van der Waals surface area contributed by atoms with Gasteiger partial charge in [0.1, 0.15) is 12.2 Å². The van der Waals surface area contributed by atoms with E-state index in [1.54, 1.807) is 14.1 Å². The first-order valence-electron chi connectivity index (χ1n) is 8.52. The molecule has 1 aromatic heterocycles. The lowest BCUT2D eigenvalue weighted by molar-refractivity contribution is -0.384. The Morgan fingerprint density at radius 1 is 1.29 bits per heavy atom. The van der Waals surface area contributed by atoms with Gasteiger partial charge in [-0.1, -0.05) is 11.6 Å². The molecule has 0 saturated carbocycles. The highest BCUT2D eigenvalue weighted by Crippen LogP contribution is 2.29. The summed E-state index contributed by atoms with van der Waals surface area (Å²) in [5.74, 6) is -1.74. The Kier molecular flexibility index (Phi) is 7.85. The van der Waals surface area contributed by atoms with Gasteiger partial charge in [-0.25, -0.2) is 13.4 Å². The molecule has 0 atom stereocenters. The molecule has 0 spiro atoms. The first-order chi connectivity index (χ1) is 14.5. The molecule has 14 heteroatoms. The normalized spacial score (nSPS) is 10.9. The summed E-state index contributed by atoms with van der Waals surface area (Å²) in [5, 5.41) is 13.6. The molecule has 1 heterocycles. The fourth-order valence-electron chi connectivity index (χ4n) is 2.29. The second-order valence-electron chi connectivity index (χ2n) is 6.18. The fraction of sp³-hybridized carbons (Fsp3) is 0.235. The molecule has 0 aliphatic carbocycles. The van der Waals surface area contributed by atoms with Gasteiger partial charge in [-0.05, 0) is 24.3 Å². The third kappa shape index (κ3) is 6.60. The molecule has 2 rings (SSSR count). The van der Waals surface area contributed by atoms with Crippen molar-refractivity contribution in [3.8, 4) is 0 Å². The van der Waals surface area contributed by atoms with Crippen molar-refractivity contribution >= 4 is 50.6 Å². The summed E-state index contributed by atoms with van der Waals surface area (Å²) in [6, 6.07) is 6.36. The van der Waals surface area contributed by atoms with Gasteiger partial charge in [0.25, 0.3) is 11.6 Å². The lowest BCUT2D eigenvalue weighted by atomic mass is 10.2. The topological polar surface area (TPSA) is 161 Å². The van der Waals surface area contributed by atoms with Crippen molar-refractivity contribution < 1.29 is 27.7 Å². The zero-order chi connectivity index (χ0) is 23.2. The molecule has 12 nitrogen and oxygen atoms in total. The van der Waals surface area contributed by atoms with E-state index in [9.17, 15) is 28.1 Å². The van der Waals surface area contributed by atoms with E-state index in [4.69, 9.17) is 16.3 Å². The third-order valence-corrected chi connectivity index (χ3v) is 5.44. The maximum atomic E-state index is 12.4. The van der Waals surface area contributed by atoms with Gasteiger partial charge in [0.2, 0.25) is 10.0 Å². The number of aromatic nitrogens is 1. The summed E-state index contributed by atoms with van der Waals surface area (Å²) >= 11 is 5.79. The number of nitrogens with zero attached hydrogens (tertiary/aromatic N) is 3. The van der Waals surface area contributed by atoms with E-state index in [0.717, 1.165) is 6.07 Å². The van der Waals surface area contributed by atoms with Crippen LogP contribution in [-0.2, 0) is 24.3 Å². The van der Waals surface area contributed by atoms with Crippen molar-refractivity contribution in [2.24, 2.45) is 0 Å². The highest BCUT2D eigenvalue weighted by molar-refractivity contribution is 7.89. The first kappa shape index (κ1) is 24.0. The summed E-state index contributed by atoms with van der Waals surface area (Å²) in [6.45, 7) is -1.47. The summed E-state index contributed by atoms with van der Waals surface area (Å²) in [6.07, 6.45) is 1.42. The van der Waals surface area contributed by atoms with Crippen LogP contribution >= 0.6 is 11.6 Å². The van der Waals surface area contributed by atoms with Gasteiger partial charge >= 0.3 is 5.97 Å². The van der Waals surface area contributed by atoms with E-state index in [1.165, 1.54) is 35.4 Å². The quantitative estimate of drug-likeness (QED) is 0.236. The minimum Gasteiger partial charge on any atom is -0.455 e. The zero-order valence-corrected chi connectivity index (χ0v) is 17.9. The number of nitro groups is 1. The van der Waals surface area contributed by atoms with E-state index in [2.05, 4.69) is 10.3 Å². The maximum Gasteiger partial charge on any atom is 0.321 e. The molecular formula is C17H18ClN5O7S. The number of hydrogen-bond donors (Lipinski definition) is 2. The molecular weight excluding hydrogens is 454 g/mol. The van der Waals surface area contributed by atoms with Crippen molar-refractivity contribution in [3.63, 3.8) is 0 Å². The van der Waals surface area contributed by atoms with Crippen LogP contribution in [0.4, 0.5) is 17.1 Å². The molecule has 2 aromatic rings. The monoisotopic (exact) mass is 471 g/mol. The number of halogens is 1. The lowest BCUT2D eigenvalue weighted by Gasteiger charge is -2.13. The van der Waals surface area contributed by atoms with Crippen molar-refractivity contribution in [1.82, 2.24) is 9.71 Å². The molecule has 2 N–H and O–H groups in total. The second kappa shape index (κ2) is 10.1. The number of esters is 1. The van der Waals surface area contributed by atoms with Crippen LogP contribution in [-0.4, -0.2) is 57.4 Å². The summed E-state index contributed by atoms with van der Waals surface area (Å²) in [7, 11) is -1.10. The average Bonchev–Trinajstić information content (AvgIpc) is 2.72. The molecule has 0 radical (unpaired) electrons. The van der Waals surface area contributed by atoms with Gasteiger partial charge in [-0.2, -0.15) is 4.72 Å². The number of pyridine rings is 1. The number of hydrogen-bond acceptors (Lipinski definition) is 9. The summed E-state index contributed by atoms with van der Waals surface area (Å²) < 4.78 is 31.4. The highest BCUT2D eigenvalue weighted by Gasteiger charge is 2.23. The zero-order valence-electron chi connectivity index (χ0n) is 16.4. The van der Waals surface area contributed by atoms with Crippen LogP contribution < -0.4 is 14.9 Å². The average molecular weight is 472 g/mol. The number of benzene rings is 1. The number of rotatable bonds is 9. The highest BCUT2D eigenvalue weighted by atomic mass is 35.5. The standard InChI is InChI=1S/C17H18ClN5O7S/c1-22(2)13-6-5-11(8-14(13)23(26)27)31(28,29)20-9-16(25)30-10-15(24)21-12-4-3-7-19-17(12)18/h3-8,20H,9-10H2,1-2H3,(H,21,24). The summed E-state index contributed by atoms with van der Waals surface area (Å²) in [5.41, 5.74) is 0.0120. The van der Waals surface area contributed by atoms with Gasteiger partial charge in [-0.3, -0.25) is 19.7 Å². The van der Waals surface area contributed by atoms with Crippen LogP contribution in [0.3, 0.4) is 0 Å². The van der Waals surface area contributed by atoms with Crippen molar-refractivity contribution in [3.05, 3.63) is 51.8 Å². The predicted octanol–water partition coefficient (Wildman–Crippen LogP) is 1.17. The minimum atomic E-state index is -4.25. The van der Waals surface area contributed by atoms with E-state index < -0.39 is 50.6 Å². The molecule has 0 unspecified atom stereocenters. The first-order valence-corrected chi connectivity index (χ1v) is 10.4. The molecule has 0 fully saturated rings. The Hall–Kier alpha value is -3.29. The second-order valence-corrected chi connectivity index (χ2v) is 8.30. The van der Waals surface area contributed by atoms with Crippen molar-refractivity contribution in [1.29, 1.82) is 0 Å². The van der Waals surface area contributed by atoms with Crippen LogP contribution in [0, 0.1) is 10.1 Å². The third-order valence-electron chi connectivity index (χ3n) is 3.74. The number of carbonyl (C=O) groups is 2. The summed E-state index contributed by atoms with van der Waals surface area (Å²) in [4.78, 5) is 38.9. The van der Waals surface area contributed by atoms with Crippen molar-refractivity contribution in [2.75, 3.05) is 37.5 Å². The van der Waals surface area contributed by atoms with Gasteiger partial charge in [0.15, 0.2) is 11.8 Å². The molecule has 0 aliphatic heterocycles. The molecule has 0 aliphatic rings. The number of amides is 1. The number of carbonyl (C=O) groups excluding carboxylic acids is 2. The molecule has 0 saturated heterocycles. The van der Waals surface area contributed by atoms with Crippen LogP contribution in [0.2, 0.25) is 5.15 Å². The van der Waals surface area contributed by atoms with Crippen LogP contribution in [0.25, 0.3) is 0 Å². The Labute approximate surface area is 182 Å². The lowest BCUT2D eigenvalue weighted by Crippen LogP contribution is -2.32. The van der Waals surface area contributed by atoms with E-state index in [1.807, 2.05) is 4.72 Å². The number of sulfonamides is 1. The molecule has 31 heavy (non-hydrogen) atoms. The molecule has 166 valence electrons. The number of anilines is 2. The largest absolute Gasteiger partial charge is 0.455 e. The predicted molar refractivity (Wildman–Crippen MR) is 111 cm³/mol. The SMILES string of the molecule is CN(C)c1ccc(S(=O)(=O)NCC(=O)OCC(=O)Nc2cccnc2Cl)cc1[N+](=O)[O-]. The Morgan fingerprint density at radius 2 is 2.00 bits per heavy atom. The van der Waals surface area contributed by atoms with Crippen LogP contribution in [0.5, 0.6) is 0 Å². The Balaban J connectivity index is 1.95. The van der Waals surface area contributed by atoms with E-state index in [0.29, 0.717) is 0 Å². The number of nitro benzene ring substituents is 1. The number of nitrogens with one attached hydrogen (secondary N) is 2. The number of ether oxygens (including phenoxy) is 1. The Bertz CT molecular complexity index is 1110. The Morgan fingerprint density at radius 3 is 2.61 bits per heavy atom.